The summed E-state index contributed by atoms with van der Waals surface area (Å²) in [7, 11) is -3.71. The van der Waals surface area contributed by atoms with Crippen LogP contribution in [-0.4, -0.2) is 54.6 Å². The number of anilines is 1. The van der Waals surface area contributed by atoms with Gasteiger partial charge in [0, 0.05) is 0 Å². The SMILES string of the molecule is Cn1c[n+]([C@@H]2O[C@H](COP(=O)(O)F)[C@@H](O)[C@H]2O)c2nc(N)[nH]c(=O)c21. The fraction of sp³-hybridized carbons (Fsp3) is 0.545. The molecule has 25 heavy (non-hydrogen) atoms. The predicted molar refractivity (Wildman–Crippen MR) is 78.8 cm³/mol. The van der Waals surface area contributed by atoms with E-state index in [9.17, 15) is 23.8 Å². The zero-order chi connectivity index (χ0) is 18.5. The van der Waals surface area contributed by atoms with Gasteiger partial charge in [-0.3, -0.25) is 23.8 Å². The monoisotopic (exact) mass is 380 g/mol. The van der Waals surface area contributed by atoms with Crippen LogP contribution in [0.15, 0.2) is 11.1 Å². The summed E-state index contributed by atoms with van der Waals surface area (Å²) < 4.78 is 35.3. The van der Waals surface area contributed by atoms with E-state index in [2.05, 4.69) is 14.5 Å². The molecule has 14 heteroatoms. The first-order valence-corrected chi connectivity index (χ1v) is 8.50. The van der Waals surface area contributed by atoms with E-state index >= 15 is 0 Å². The highest BCUT2D eigenvalue weighted by Gasteiger charge is 2.47. The van der Waals surface area contributed by atoms with E-state index in [4.69, 9.17) is 15.4 Å². The molecule has 5 atom stereocenters. The molecular formula is C11H16FN5O7P+. The molecule has 138 valence electrons. The van der Waals surface area contributed by atoms with Crippen molar-refractivity contribution in [2.75, 3.05) is 12.3 Å². The summed E-state index contributed by atoms with van der Waals surface area (Å²) in [6.07, 6.45) is -4.12. The molecule has 0 bridgehead atoms. The lowest BCUT2D eigenvalue weighted by atomic mass is 10.1. The van der Waals surface area contributed by atoms with Crippen molar-refractivity contribution in [1.82, 2.24) is 14.5 Å². The molecule has 0 aliphatic carbocycles. The second kappa shape index (κ2) is 6.12. The lowest BCUT2D eigenvalue weighted by Crippen LogP contribution is -2.46. The number of H-pyrrole nitrogens is 1. The lowest BCUT2D eigenvalue weighted by molar-refractivity contribution is -0.745. The van der Waals surface area contributed by atoms with Crippen LogP contribution < -0.4 is 15.9 Å². The van der Waals surface area contributed by atoms with Crippen molar-refractivity contribution < 1.29 is 37.7 Å². The number of nitrogens with two attached hydrogens (primary N) is 1. The minimum Gasteiger partial charge on any atom is -0.387 e. The number of nitrogen functional groups attached to an aromatic ring is 1. The first kappa shape index (κ1) is 17.9. The largest absolute Gasteiger partial charge is 0.510 e. The number of aryl methyl sites for hydroxylation is 1. The van der Waals surface area contributed by atoms with Crippen molar-refractivity contribution in [1.29, 1.82) is 0 Å². The highest BCUT2D eigenvalue weighted by Crippen LogP contribution is 2.44. The normalized spacial score (nSPS) is 29.2. The van der Waals surface area contributed by atoms with Crippen LogP contribution in [0.1, 0.15) is 6.23 Å². The molecule has 0 radical (unpaired) electrons. The maximum atomic E-state index is 12.6. The second-order valence-electron chi connectivity index (χ2n) is 5.55. The summed E-state index contributed by atoms with van der Waals surface area (Å²) in [5, 5.41) is 20.2. The zero-order valence-electron chi connectivity index (χ0n) is 12.8. The lowest BCUT2D eigenvalue weighted by Gasteiger charge is -2.13. The van der Waals surface area contributed by atoms with E-state index in [-0.39, 0.29) is 17.1 Å². The Kier molecular flexibility index (Phi) is 4.39. The fourth-order valence-corrected chi connectivity index (χ4v) is 3.05. The van der Waals surface area contributed by atoms with E-state index in [1.54, 1.807) is 7.05 Å². The molecule has 2 aromatic heterocycles. The number of ether oxygens (including phenoxy) is 1. The second-order valence-corrected chi connectivity index (χ2v) is 6.71. The first-order valence-electron chi connectivity index (χ1n) is 7.03. The van der Waals surface area contributed by atoms with Crippen LogP contribution in [0.5, 0.6) is 0 Å². The van der Waals surface area contributed by atoms with E-state index in [1.807, 2.05) is 0 Å². The summed E-state index contributed by atoms with van der Waals surface area (Å²) in [6.45, 7) is -0.763. The van der Waals surface area contributed by atoms with Crippen molar-refractivity contribution in [3.63, 3.8) is 0 Å². The molecule has 3 heterocycles. The number of nitrogens with one attached hydrogen (secondary N) is 1. The first-order chi connectivity index (χ1) is 11.6. The number of aromatic amines is 1. The van der Waals surface area contributed by atoms with Crippen LogP contribution in [0.3, 0.4) is 0 Å². The van der Waals surface area contributed by atoms with Crippen molar-refractivity contribution in [2.24, 2.45) is 7.05 Å². The van der Waals surface area contributed by atoms with Gasteiger partial charge in [-0.1, -0.05) is 4.98 Å². The van der Waals surface area contributed by atoms with Crippen LogP contribution in [0.2, 0.25) is 0 Å². The number of hydrogen-bond acceptors (Lipinski definition) is 8. The predicted octanol–water partition coefficient (Wildman–Crippen LogP) is -2.16. The number of halogens is 1. The molecule has 0 aromatic carbocycles. The number of nitrogens with zero attached hydrogens (tertiary/aromatic N) is 3. The fourth-order valence-electron chi connectivity index (χ4n) is 2.72. The van der Waals surface area contributed by atoms with Gasteiger partial charge in [-0.25, -0.2) is 9.13 Å². The van der Waals surface area contributed by atoms with Crippen molar-refractivity contribution in [2.45, 2.75) is 24.5 Å². The Balaban J connectivity index is 1.96. The van der Waals surface area contributed by atoms with Gasteiger partial charge in [0.2, 0.25) is 11.7 Å². The van der Waals surface area contributed by atoms with E-state index in [1.165, 1.54) is 15.5 Å². The molecule has 1 aliphatic rings. The maximum Gasteiger partial charge on any atom is 0.510 e. The average Bonchev–Trinajstić information content (AvgIpc) is 2.95. The standard InChI is InChI=1S/C11H15FN5O7P/c1-16-3-17(8-5(16)9(20)15-11(13)14-8)10-7(19)6(18)4(24-10)2-23-25(12,21)22/h3-4,6-7,10,18-19H,2H2,1H3,(H3-,13,14,15,20,21,22)/p+1/t4-,6-,7-,10-/m1/s1. The smallest absolute Gasteiger partial charge is 0.387 e. The summed E-state index contributed by atoms with van der Waals surface area (Å²) in [6, 6.07) is 0. The van der Waals surface area contributed by atoms with Crippen LogP contribution >= 0.6 is 7.91 Å². The number of rotatable bonds is 4. The highest BCUT2D eigenvalue weighted by atomic mass is 31.2. The summed E-state index contributed by atoms with van der Waals surface area (Å²) in [4.78, 5) is 26.8. The van der Waals surface area contributed by atoms with Gasteiger partial charge in [0.05, 0.1) is 13.7 Å². The molecule has 1 saturated heterocycles. The quantitative estimate of drug-likeness (QED) is 0.292. The third-order valence-electron chi connectivity index (χ3n) is 3.80. The van der Waals surface area contributed by atoms with Gasteiger partial charge >= 0.3 is 13.6 Å². The molecule has 2 aromatic rings. The Bertz CT molecular complexity index is 910. The number of hydrogen-bond donors (Lipinski definition) is 5. The van der Waals surface area contributed by atoms with Gasteiger partial charge in [0.15, 0.2) is 6.33 Å². The third kappa shape index (κ3) is 3.29. The molecule has 6 N–H and O–H groups in total. The molecule has 1 fully saturated rings. The van der Waals surface area contributed by atoms with Crippen LogP contribution in [-0.2, 0) is 20.9 Å². The van der Waals surface area contributed by atoms with E-state index in [0.29, 0.717) is 0 Å². The molecule has 12 nitrogen and oxygen atoms in total. The van der Waals surface area contributed by atoms with Crippen molar-refractivity contribution in [3.8, 4) is 0 Å². The van der Waals surface area contributed by atoms with Gasteiger partial charge in [0.1, 0.15) is 18.3 Å². The summed E-state index contributed by atoms with van der Waals surface area (Å²) >= 11 is 0. The summed E-state index contributed by atoms with van der Waals surface area (Å²) in [5.41, 5.74) is 5.23. The Morgan fingerprint density at radius 3 is 2.88 bits per heavy atom. The van der Waals surface area contributed by atoms with Crippen molar-refractivity contribution in [3.05, 3.63) is 16.7 Å². The highest BCUT2D eigenvalue weighted by molar-refractivity contribution is 7.46. The maximum absolute atomic E-state index is 12.6. The van der Waals surface area contributed by atoms with E-state index < -0.39 is 44.6 Å². The topological polar surface area (TPSA) is 177 Å². The molecule has 0 amide bonds. The van der Waals surface area contributed by atoms with Gasteiger partial charge in [-0.15, -0.1) is 4.20 Å². The Morgan fingerprint density at radius 2 is 2.24 bits per heavy atom. The molecule has 0 spiro atoms. The Hall–Kier alpha value is -1.89. The van der Waals surface area contributed by atoms with Crippen LogP contribution in [0, 0.1) is 0 Å². The number of imidazole rings is 1. The molecule has 0 saturated carbocycles. The zero-order valence-corrected chi connectivity index (χ0v) is 13.7. The average molecular weight is 380 g/mol. The van der Waals surface area contributed by atoms with Crippen LogP contribution in [0.4, 0.5) is 10.1 Å². The minimum atomic E-state index is -5.26. The van der Waals surface area contributed by atoms with Crippen molar-refractivity contribution >= 4 is 25.0 Å². The molecular weight excluding hydrogens is 364 g/mol. The van der Waals surface area contributed by atoms with Gasteiger partial charge in [-0.05, 0) is 0 Å². The minimum absolute atomic E-state index is 0.0832. The summed E-state index contributed by atoms with van der Waals surface area (Å²) in [5.74, 6) is -0.163. The number of aromatic nitrogens is 4. The van der Waals surface area contributed by atoms with Gasteiger partial charge < -0.3 is 20.7 Å². The molecule has 1 unspecified atom stereocenters. The molecule has 3 rings (SSSR count). The number of fused-ring (bicyclic) bond motifs is 1. The van der Waals surface area contributed by atoms with E-state index in [0.717, 1.165) is 0 Å². The Labute approximate surface area is 138 Å². The Morgan fingerprint density at radius 1 is 1.56 bits per heavy atom. The molecule has 1 aliphatic heterocycles. The number of aliphatic hydroxyl groups excluding tert-OH is 2. The third-order valence-corrected chi connectivity index (χ3v) is 4.27. The number of aliphatic hydroxyl groups is 2. The van der Waals surface area contributed by atoms with Gasteiger partial charge in [-0.2, -0.15) is 0 Å². The van der Waals surface area contributed by atoms with Gasteiger partial charge in [0.25, 0.3) is 11.5 Å². The van der Waals surface area contributed by atoms with Crippen LogP contribution in [0.25, 0.3) is 11.2 Å².